The summed E-state index contributed by atoms with van der Waals surface area (Å²) in [6.45, 7) is 4.17. The van der Waals surface area contributed by atoms with Gasteiger partial charge < -0.3 is 5.73 Å². The van der Waals surface area contributed by atoms with E-state index in [1.54, 1.807) is 0 Å². The maximum absolute atomic E-state index is 5.51. The Hall–Kier alpha value is -1.01. The minimum Gasteiger partial charge on any atom is -0.326 e. The molecule has 0 bridgehead atoms. The molecule has 2 N–H and O–H groups in total. The maximum atomic E-state index is 5.51. The molecule has 0 spiro atoms. The predicted molar refractivity (Wildman–Crippen MR) is 63.7 cm³/mol. The number of benzene rings is 1. The van der Waals surface area contributed by atoms with Crippen molar-refractivity contribution < 1.29 is 0 Å². The molecule has 0 aliphatic heterocycles. The average Bonchev–Trinajstić information content (AvgIpc) is 2.21. The highest BCUT2D eigenvalue weighted by Crippen LogP contribution is 2.06. The van der Waals surface area contributed by atoms with Crippen molar-refractivity contribution in [1.82, 2.24) is 0 Å². The highest BCUT2D eigenvalue weighted by molar-refractivity contribution is 5.85. The highest BCUT2D eigenvalue weighted by Gasteiger charge is 1.94. The van der Waals surface area contributed by atoms with Gasteiger partial charge in [-0.1, -0.05) is 36.9 Å². The Kier molecular flexibility index (Phi) is 6.87. The lowest BCUT2D eigenvalue weighted by molar-refractivity contribution is 0.906. The number of nitrogens with two attached hydrogens (primary N) is 1. The van der Waals surface area contributed by atoms with Crippen LogP contribution in [0.3, 0.4) is 0 Å². The second-order valence-electron chi connectivity index (χ2n) is 2.97. The molecule has 0 heterocycles. The summed E-state index contributed by atoms with van der Waals surface area (Å²) in [5.41, 5.74) is 10.8. The van der Waals surface area contributed by atoms with Crippen molar-refractivity contribution in [3.05, 3.63) is 53.8 Å². The van der Waals surface area contributed by atoms with Crippen molar-refractivity contribution in [2.75, 3.05) is 6.54 Å². The lowest BCUT2D eigenvalue weighted by Crippen LogP contribution is -2.03. The first-order chi connectivity index (χ1) is 6.36. The van der Waals surface area contributed by atoms with Crippen LogP contribution in [0.15, 0.2) is 48.2 Å². The van der Waals surface area contributed by atoms with E-state index in [-0.39, 0.29) is 12.4 Å². The second-order valence-corrected chi connectivity index (χ2v) is 2.97. The van der Waals surface area contributed by atoms with E-state index in [2.05, 4.69) is 36.6 Å². The Morgan fingerprint density at radius 2 is 1.93 bits per heavy atom. The Morgan fingerprint density at radius 3 is 2.43 bits per heavy atom. The molecule has 0 saturated heterocycles. The third-order valence-corrected chi connectivity index (χ3v) is 2.05. The summed E-state index contributed by atoms with van der Waals surface area (Å²) in [5.74, 6) is 0. The van der Waals surface area contributed by atoms with Crippen LogP contribution in [0, 0.1) is 0 Å². The number of hydrogen-bond donors (Lipinski definition) is 1. The van der Waals surface area contributed by atoms with Crippen LogP contribution in [0.5, 0.6) is 0 Å². The van der Waals surface area contributed by atoms with Crippen LogP contribution >= 0.6 is 12.4 Å². The van der Waals surface area contributed by atoms with Crippen molar-refractivity contribution in [1.29, 1.82) is 0 Å². The van der Waals surface area contributed by atoms with E-state index in [9.17, 15) is 0 Å². The fourth-order valence-electron chi connectivity index (χ4n) is 1.20. The Bertz CT molecular complexity index is 299. The summed E-state index contributed by atoms with van der Waals surface area (Å²) in [6, 6.07) is 10.4. The monoisotopic (exact) mass is 209 g/mol. The predicted octanol–water partition coefficient (Wildman–Crippen LogP) is 2.71. The smallest absolute Gasteiger partial charge is 0.0213 e. The fraction of sp³-hybridized carbons (Fsp3) is 0.250. The third kappa shape index (κ3) is 4.29. The van der Waals surface area contributed by atoms with Crippen LogP contribution in [0.2, 0.25) is 0 Å². The third-order valence-electron chi connectivity index (χ3n) is 2.05. The molecule has 0 aliphatic rings. The van der Waals surface area contributed by atoms with Crippen molar-refractivity contribution >= 4 is 12.4 Å². The molecule has 2 heteroatoms. The first-order valence-electron chi connectivity index (χ1n) is 4.48. The van der Waals surface area contributed by atoms with Crippen molar-refractivity contribution in [3.8, 4) is 0 Å². The molecule has 14 heavy (non-hydrogen) atoms. The largest absolute Gasteiger partial charge is 0.326 e. The van der Waals surface area contributed by atoms with E-state index in [1.165, 1.54) is 5.56 Å². The first kappa shape index (κ1) is 13.0. The van der Waals surface area contributed by atoms with Crippen LogP contribution in [-0.4, -0.2) is 6.54 Å². The van der Waals surface area contributed by atoms with Gasteiger partial charge in [0.25, 0.3) is 0 Å². The van der Waals surface area contributed by atoms with Gasteiger partial charge in [-0.15, -0.1) is 18.1 Å². The minimum absolute atomic E-state index is 0. The highest BCUT2D eigenvalue weighted by atomic mass is 35.5. The molecule has 1 nitrogen and oxygen atoms in total. The number of aryl methyl sites for hydroxylation is 1. The molecule has 0 aromatic heterocycles. The van der Waals surface area contributed by atoms with E-state index in [1.807, 2.05) is 6.07 Å². The standard InChI is InChI=1S/C12H15N.ClH/c1-2-11(10-13)8-9-12-6-4-3-5-7-12;/h3-7H,1,8-10,13H2;1H. The van der Waals surface area contributed by atoms with Crippen molar-refractivity contribution in [2.45, 2.75) is 12.8 Å². The van der Waals surface area contributed by atoms with E-state index in [0.29, 0.717) is 6.54 Å². The van der Waals surface area contributed by atoms with E-state index in [4.69, 9.17) is 5.73 Å². The first-order valence-corrected chi connectivity index (χ1v) is 4.48. The SMILES string of the molecule is C=C=C(CN)CCc1ccccc1.Cl. The zero-order valence-electron chi connectivity index (χ0n) is 8.20. The number of halogens is 1. The molecule has 0 atom stereocenters. The molecular formula is C12H16ClN. The molecule has 1 aromatic carbocycles. The van der Waals surface area contributed by atoms with Crippen LogP contribution < -0.4 is 5.73 Å². The summed E-state index contributed by atoms with van der Waals surface area (Å²) in [6.07, 6.45) is 1.99. The topological polar surface area (TPSA) is 26.0 Å². The van der Waals surface area contributed by atoms with Gasteiger partial charge in [-0.3, -0.25) is 0 Å². The van der Waals surface area contributed by atoms with Crippen molar-refractivity contribution in [3.63, 3.8) is 0 Å². The molecule has 0 unspecified atom stereocenters. The van der Waals surface area contributed by atoms with Gasteiger partial charge in [-0.2, -0.15) is 0 Å². The van der Waals surface area contributed by atoms with Gasteiger partial charge in [0.1, 0.15) is 0 Å². The molecule has 0 saturated carbocycles. The van der Waals surface area contributed by atoms with E-state index in [0.717, 1.165) is 18.4 Å². The van der Waals surface area contributed by atoms with Gasteiger partial charge in [-0.05, 0) is 24.0 Å². The minimum atomic E-state index is 0. The van der Waals surface area contributed by atoms with Gasteiger partial charge in [-0.25, -0.2) is 0 Å². The normalized spacial score (nSPS) is 8.64. The van der Waals surface area contributed by atoms with Gasteiger partial charge in [0.15, 0.2) is 0 Å². The molecule has 0 radical (unpaired) electrons. The summed E-state index contributed by atoms with van der Waals surface area (Å²) < 4.78 is 0. The van der Waals surface area contributed by atoms with Gasteiger partial charge >= 0.3 is 0 Å². The second kappa shape index (κ2) is 7.40. The molecule has 0 aliphatic carbocycles. The molecule has 0 amide bonds. The molecule has 1 rings (SSSR count). The van der Waals surface area contributed by atoms with E-state index >= 15 is 0 Å². The Morgan fingerprint density at radius 1 is 1.29 bits per heavy atom. The molecule has 0 fully saturated rings. The van der Waals surface area contributed by atoms with Crippen LogP contribution in [0.1, 0.15) is 12.0 Å². The zero-order valence-corrected chi connectivity index (χ0v) is 9.02. The van der Waals surface area contributed by atoms with Crippen LogP contribution in [-0.2, 0) is 6.42 Å². The van der Waals surface area contributed by atoms with Gasteiger partial charge in [0.2, 0.25) is 0 Å². The summed E-state index contributed by atoms with van der Waals surface area (Å²) in [5, 5.41) is 0. The molecular weight excluding hydrogens is 194 g/mol. The fourth-order valence-corrected chi connectivity index (χ4v) is 1.20. The number of hydrogen-bond acceptors (Lipinski definition) is 1. The number of rotatable bonds is 4. The lowest BCUT2D eigenvalue weighted by Gasteiger charge is -2.01. The zero-order chi connectivity index (χ0) is 9.52. The lowest BCUT2D eigenvalue weighted by atomic mass is 10.1. The van der Waals surface area contributed by atoms with Gasteiger partial charge in [0, 0.05) is 6.54 Å². The summed E-state index contributed by atoms with van der Waals surface area (Å²) in [4.78, 5) is 0. The Labute approximate surface area is 91.7 Å². The summed E-state index contributed by atoms with van der Waals surface area (Å²) >= 11 is 0. The van der Waals surface area contributed by atoms with Gasteiger partial charge in [0.05, 0.1) is 0 Å². The summed E-state index contributed by atoms with van der Waals surface area (Å²) in [7, 11) is 0. The van der Waals surface area contributed by atoms with Crippen molar-refractivity contribution in [2.24, 2.45) is 5.73 Å². The van der Waals surface area contributed by atoms with Crippen LogP contribution in [0.4, 0.5) is 0 Å². The maximum Gasteiger partial charge on any atom is 0.0213 e. The molecule has 76 valence electrons. The van der Waals surface area contributed by atoms with Crippen LogP contribution in [0.25, 0.3) is 0 Å². The van der Waals surface area contributed by atoms with E-state index < -0.39 is 0 Å². The average molecular weight is 210 g/mol. The quantitative estimate of drug-likeness (QED) is 0.759. The Balaban J connectivity index is 0.00000169. The molecule has 1 aromatic rings.